The number of hydrogen-bond donors (Lipinski definition) is 2. The zero-order valence-electron chi connectivity index (χ0n) is 14.3. The normalized spacial score (nSPS) is 10.3. The summed E-state index contributed by atoms with van der Waals surface area (Å²) in [5.74, 6) is 0.232. The van der Waals surface area contributed by atoms with E-state index in [0.29, 0.717) is 33.5 Å². The second kappa shape index (κ2) is 7.84. The van der Waals surface area contributed by atoms with Crippen LogP contribution >= 0.6 is 11.6 Å². The van der Waals surface area contributed by atoms with Crippen LogP contribution in [0.2, 0.25) is 5.02 Å². The van der Waals surface area contributed by atoms with Gasteiger partial charge in [0, 0.05) is 30.6 Å². The second-order valence-corrected chi connectivity index (χ2v) is 5.79. The molecule has 0 aliphatic rings. The lowest BCUT2D eigenvalue weighted by molar-refractivity contribution is 0.102. The average Bonchev–Trinajstić information content (AvgIpc) is 2.68. The summed E-state index contributed by atoms with van der Waals surface area (Å²) >= 11 is 6.21. The van der Waals surface area contributed by atoms with E-state index >= 15 is 0 Å². The average molecular weight is 369 g/mol. The minimum Gasteiger partial charge on any atom is -0.481 e. The molecule has 2 heterocycles. The van der Waals surface area contributed by atoms with E-state index in [-0.39, 0.29) is 5.91 Å². The molecule has 7 heteroatoms. The van der Waals surface area contributed by atoms with Crippen molar-refractivity contribution >= 4 is 28.9 Å². The molecular formula is C19H17ClN4O2. The van der Waals surface area contributed by atoms with Crippen LogP contribution in [0, 0.1) is 0 Å². The number of carbonyl (C=O) groups excluding carboxylic acids is 1. The van der Waals surface area contributed by atoms with Crippen molar-refractivity contribution in [2.24, 2.45) is 0 Å². The van der Waals surface area contributed by atoms with Crippen molar-refractivity contribution in [3.63, 3.8) is 0 Å². The topological polar surface area (TPSA) is 76.1 Å². The Bertz CT molecular complexity index is 929. The van der Waals surface area contributed by atoms with Crippen LogP contribution in [-0.4, -0.2) is 30.0 Å². The Morgan fingerprint density at radius 2 is 2.00 bits per heavy atom. The summed E-state index contributed by atoms with van der Waals surface area (Å²) in [6.07, 6.45) is 3.22. The zero-order valence-corrected chi connectivity index (χ0v) is 15.0. The maximum atomic E-state index is 12.6. The highest BCUT2D eigenvalue weighted by Crippen LogP contribution is 2.29. The van der Waals surface area contributed by atoms with Gasteiger partial charge in [0.25, 0.3) is 5.91 Å². The van der Waals surface area contributed by atoms with Gasteiger partial charge in [-0.2, -0.15) is 0 Å². The number of halogens is 1. The Morgan fingerprint density at radius 1 is 1.15 bits per heavy atom. The molecule has 2 aromatic heterocycles. The number of rotatable bonds is 5. The van der Waals surface area contributed by atoms with E-state index < -0.39 is 0 Å². The van der Waals surface area contributed by atoms with Crippen LogP contribution in [0.1, 0.15) is 10.4 Å². The predicted molar refractivity (Wildman–Crippen MR) is 103 cm³/mol. The predicted octanol–water partition coefficient (Wildman–Crippen LogP) is 4.10. The smallest absolute Gasteiger partial charge is 0.257 e. The van der Waals surface area contributed by atoms with Gasteiger partial charge >= 0.3 is 0 Å². The SMILES string of the molecule is CNc1cc(-c2ncccc2Cl)ccc1C(=O)Nc1ccc(OC)nc1. The lowest BCUT2D eigenvalue weighted by Gasteiger charge is -2.12. The number of anilines is 2. The summed E-state index contributed by atoms with van der Waals surface area (Å²) in [5.41, 5.74) is 3.23. The largest absolute Gasteiger partial charge is 0.481 e. The van der Waals surface area contributed by atoms with Crippen LogP contribution in [0.15, 0.2) is 54.9 Å². The molecule has 3 aromatic rings. The fourth-order valence-corrected chi connectivity index (χ4v) is 2.70. The molecule has 0 radical (unpaired) electrons. The van der Waals surface area contributed by atoms with E-state index in [4.69, 9.17) is 16.3 Å². The molecule has 0 aliphatic carbocycles. The minimum absolute atomic E-state index is 0.250. The molecule has 0 aliphatic heterocycles. The molecule has 0 bridgehead atoms. The molecule has 0 unspecified atom stereocenters. The maximum absolute atomic E-state index is 12.6. The summed E-state index contributed by atoms with van der Waals surface area (Å²) < 4.78 is 5.01. The molecule has 0 atom stereocenters. The fraction of sp³-hybridized carbons (Fsp3) is 0.105. The van der Waals surface area contributed by atoms with E-state index in [0.717, 1.165) is 5.56 Å². The van der Waals surface area contributed by atoms with Crippen LogP contribution in [0.25, 0.3) is 11.3 Å². The van der Waals surface area contributed by atoms with Gasteiger partial charge in [-0.15, -0.1) is 0 Å². The number of methoxy groups -OCH3 is 1. The van der Waals surface area contributed by atoms with E-state index in [9.17, 15) is 4.79 Å². The van der Waals surface area contributed by atoms with Gasteiger partial charge in [0.15, 0.2) is 0 Å². The number of benzene rings is 1. The molecule has 6 nitrogen and oxygen atoms in total. The summed E-state index contributed by atoms with van der Waals surface area (Å²) in [6.45, 7) is 0. The molecule has 26 heavy (non-hydrogen) atoms. The van der Waals surface area contributed by atoms with Gasteiger partial charge in [0.05, 0.1) is 35.3 Å². The first-order valence-corrected chi connectivity index (χ1v) is 8.24. The lowest BCUT2D eigenvalue weighted by atomic mass is 10.1. The standard InChI is InChI=1S/C19H17ClN4O2/c1-21-16-10-12(18-15(20)4-3-9-22-18)5-7-14(16)19(25)24-13-6-8-17(26-2)23-11-13/h3-11,21H,1-2H3,(H,24,25). The maximum Gasteiger partial charge on any atom is 0.257 e. The molecule has 0 spiro atoms. The van der Waals surface area contributed by atoms with Crippen LogP contribution in [-0.2, 0) is 0 Å². The van der Waals surface area contributed by atoms with Crippen molar-refractivity contribution in [2.75, 3.05) is 24.8 Å². The van der Waals surface area contributed by atoms with Crippen LogP contribution < -0.4 is 15.4 Å². The number of pyridine rings is 2. The molecule has 2 N–H and O–H groups in total. The number of amides is 1. The van der Waals surface area contributed by atoms with Crippen molar-refractivity contribution in [2.45, 2.75) is 0 Å². The Labute approximate surface area is 156 Å². The first kappa shape index (κ1) is 17.7. The van der Waals surface area contributed by atoms with Gasteiger partial charge in [-0.05, 0) is 30.3 Å². The third-order valence-corrected chi connectivity index (χ3v) is 4.07. The Hall–Kier alpha value is -3.12. The van der Waals surface area contributed by atoms with Gasteiger partial charge in [-0.25, -0.2) is 4.98 Å². The van der Waals surface area contributed by atoms with Gasteiger partial charge in [-0.3, -0.25) is 9.78 Å². The third-order valence-electron chi connectivity index (χ3n) is 3.77. The van der Waals surface area contributed by atoms with E-state index in [1.165, 1.54) is 13.3 Å². The summed E-state index contributed by atoms with van der Waals surface area (Å²) in [5, 5.41) is 6.41. The van der Waals surface area contributed by atoms with Crippen molar-refractivity contribution in [1.29, 1.82) is 0 Å². The summed E-state index contributed by atoms with van der Waals surface area (Å²) in [6, 6.07) is 12.4. The summed E-state index contributed by atoms with van der Waals surface area (Å²) in [7, 11) is 3.29. The number of aromatic nitrogens is 2. The zero-order chi connectivity index (χ0) is 18.5. The first-order valence-electron chi connectivity index (χ1n) is 7.86. The molecular weight excluding hydrogens is 352 g/mol. The van der Waals surface area contributed by atoms with Gasteiger partial charge < -0.3 is 15.4 Å². The molecule has 132 valence electrons. The number of nitrogens with zero attached hydrogens (tertiary/aromatic N) is 2. The number of nitrogens with one attached hydrogen (secondary N) is 2. The highest BCUT2D eigenvalue weighted by molar-refractivity contribution is 6.33. The van der Waals surface area contributed by atoms with Crippen molar-refractivity contribution < 1.29 is 9.53 Å². The summed E-state index contributed by atoms with van der Waals surface area (Å²) in [4.78, 5) is 21.0. The Morgan fingerprint density at radius 3 is 2.65 bits per heavy atom. The monoisotopic (exact) mass is 368 g/mol. The quantitative estimate of drug-likeness (QED) is 0.709. The van der Waals surface area contributed by atoms with Gasteiger partial charge in [0.2, 0.25) is 5.88 Å². The van der Waals surface area contributed by atoms with E-state index in [2.05, 4.69) is 20.6 Å². The molecule has 0 saturated carbocycles. The van der Waals surface area contributed by atoms with Gasteiger partial charge in [-0.1, -0.05) is 17.7 Å². The second-order valence-electron chi connectivity index (χ2n) is 5.39. The van der Waals surface area contributed by atoms with Crippen LogP contribution in [0.4, 0.5) is 11.4 Å². The molecule has 0 fully saturated rings. The first-order chi connectivity index (χ1) is 12.6. The van der Waals surface area contributed by atoms with E-state index in [1.54, 1.807) is 43.6 Å². The number of carbonyl (C=O) groups is 1. The van der Waals surface area contributed by atoms with Gasteiger partial charge in [0.1, 0.15) is 0 Å². The van der Waals surface area contributed by atoms with Crippen molar-refractivity contribution in [3.8, 4) is 17.1 Å². The van der Waals surface area contributed by atoms with Crippen LogP contribution in [0.3, 0.4) is 0 Å². The number of hydrogen-bond acceptors (Lipinski definition) is 5. The van der Waals surface area contributed by atoms with Crippen LogP contribution in [0.5, 0.6) is 5.88 Å². The molecule has 0 saturated heterocycles. The fourth-order valence-electron chi connectivity index (χ4n) is 2.47. The third kappa shape index (κ3) is 3.75. The highest BCUT2D eigenvalue weighted by atomic mass is 35.5. The minimum atomic E-state index is -0.250. The van der Waals surface area contributed by atoms with E-state index in [1.807, 2.05) is 12.1 Å². The number of ether oxygens (including phenoxy) is 1. The van der Waals surface area contributed by atoms with Crippen molar-refractivity contribution in [3.05, 3.63) is 65.4 Å². The molecule has 1 amide bonds. The molecule has 1 aromatic carbocycles. The van der Waals surface area contributed by atoms with Crippen molar-refractivity contribution in [1.82, 2.24) is 9.97 Å². The highest BCUT2D eigenvalue weighted by Gasteiger charge is 2.14. The Balaban J connectivity index is 1.87. The Kier molecular flexibility index (Phi) is 5.34. The molecule has 3 rings (SSSR count). The lowest BCUT2D eigenvalue weighted by Crippen LogP contribution is -2.14.